The Bertz CT molecular complexity index is 382. The average molecular weight is 216 g/mol. The van der Waals surface area contributed by atoms with Gasteiger partial charge in [0.05, 0.1) is 0 Å². The normalized spacial score (nSPS) is 24.1. The zero-order valence-electron chi connectivity index (χ0n) is 9.71. The first-order chi connectivity index (χ1) is 7.81. The molecule has 1 fully saturated rings. The number of benzene rings is 1. The third-order valence-corrected chi connectivity index (χ3v) is 3.83. The molecular weight excluding hydrogens is 196 g/mol. The van der Waals surface area contributed by atoms with Crippen molar-refractivity contribution in [3.05, 3.63) is 29.3 Å². The minimum atomic E-state index is 0.815. The van der Waals surface area contributed by atoms with Crippen molar-refractivity contribution in [2.75, 3.05) is 12.3 Å². The summed E-state index contributed by atoms with van der Waals surface area (Å²) in [6.07, 6.45) is 6.54. The van der Waals surface area contributed by atoms with Crippen LogP contribution < -0.4 is 11.1 Å². The number of hydrogen-bond donors (Lipinski definition) is 2. The van der Waals surface area contributed by atoms with Gasteiger partial charge in [-0.3, -0.25) is 0 Å². The summed E-state index contributed by atoms with van der Waals surface area (Å²) in [5.74, 6) is 0.815. The molecule has 0 bridgehead atoms. The number of hydrogen-bond acceptors (Lipinski definition) is 2. The van der Waals surface area contributed by atoms with Crippen molar-refractivity contribution in [3.63, 3.8) is 0 Å². The molecule has 0 saturated heterocycles. The van der Waals surface area contributed by atoms with Crippen LogP contribution in [0.3, 0.4) is 0 Å². The highest BCUT2D eigenvalue weighted by Gasteiger charge is 2.24. The smallest absolute Gasteiger partial charge is 0.0316 e. The molecule has 1 atom stereocenters. The molecule has 0 aromatic heterocycles. The van der Waals surface area contributed by atoms with Crippen molar-refractivity contribution < 1.29 is 0 Å². The molecule has 2 aliphatic rings. The Kier molecular flexibility index (Phi) is 2.60. The Hall–Kier alpha value is -1.02. The molecule has 86 valence electrons. The van der Waals surface area contributed by atoms with E-state index in [0.29, 0.717) is 0 Å². The molecular formula is C14H20N2. The summed E-state index contributed by atoms with van der Waals surface area (Å²) in [6.45, 7) is 1.19. The van der Waals surface area contributed by atoms with Crippen LogP contribution in [-0.2, 0) is 12.8 Å². The molecule has 3 N–H and O–H groups in total. The Labute approximate surface area is 97.2 Å². The monoisotopic (exact) mass is 216 g/mol. The van der Waals surface area contributed by atoms with E-state index in [0.717, 1.165) is 17.6 Å². The first kappa shape index (κ1) is 10.2. The van der Waals surface area contributed by atoms with Crippen molar-refractivity contribution in [1.29, 1.82) is 0 Å². The molecule has 0 spiro atoms. The van der Waals surface area contributed by atoms with Crippen LogP contribution in [0.25, 0.3) is 0 Å². The summed E-state index contributed by atoms with van der Waals surface area (Å²) < 4.78 is 0. The molecule has 2 heteroatoms. The lowest BCUT2D eigenvalue weighted by molar-refractivity contribution is 0.423. The van der Waals surface area contributed by atoms with Crippen molar-refractivity contribution in [1.82, 2.24) is 5.32 Å². The fourth-order valence-electron chi connectivity index (χ4n) is 2.65. The minimum Gasteiger partial charge on any atom is -0.399 e. The lowest BCUT2D eigenvalue weighted by atomic mass is 9.83. The molecule has 16 heavy (non-hydrogen) atoms. The van der Waals surface area contributed by atoms with Gasteiger partial charge in [0.2, 0.25) is 0 Å². The second kappa shape index (κ2) is 4.10. The number of nitrogen functional groups attached to an aromatic ring is 1. The largest absolute Gasteiger partial charge is 0.399 e. The fraction of sp³-hybridized carbons (Fsp3) is 0.571. The molecule has 1 aromatic rings. The van der Waals surface area contributed by atoms with Crippen LogP contribution >= 0.6 is 0 Å². The first-order valence-corrected chi connectivity index (χ1v) is 6.42. The van der Waals surface area contributed by atoms with Crippen molar-refractivity contribution >= 4 is 5.69 Å². The predicted molar refractivity (Wildman–Crippen MR) is 67.4 cm³/mol. The number of nitrogens with one attached hydrogen (secondary N) is 1. The number of rotatable bonds is 3. The van der Waals surface area contributed by atoms with Gasteiger partial charge in [0.25, 0.3) is 0 Å². The van der Waals surface area contributed by atoms with E-state index in [1.54, 1.807) is 0 Å². The molecule has 1 saturated carbocycles. The quantitative estimate of drug-likeness (QED) is 0.760. The van der Waals surface area contributed by atoms with E-state index >= 15 is 0 Å². The van der Waals surface area contributed by atoms with Crippen LogP contribution in [0.15, 0.2) is 18.2 Å². The van der Waals surface area contributed by atoms with Crippen LogP contribution in [0.4, 0.5) is 5.69 Å². The summed E-state index contributed by atoms with van der Waals surface area (Å²) in [4.78, 5) is 0. The SMILES string of the molecule is Nc1ccc2c(c1)CC(CNC1CC1)CC2. The van der Waals surface area contributed by atoms with E-state index in [9.17, 15) is 0 Å². The second-order valence-corrected chi connectivity index (χ2v) is 5.32. The number of anilines is 1. The van der Waals surface area contributed by atoms with Crippen molar-refractivity contribution in [2.45, 2.75) is 38.1 Å². The summed E-state index contributed by atoms with van der Waals surface area (Å²) in [6, 6.07) is 7.23. The van der Waals surface area contributed by atoms with Crippen LogP contribution in [0.5, 0.6) is 0 Å². The Morgan fingerprint density at radius 3 is 2.88 bits per heavy atom. The van der Waals surface area contributed by atoms with E-state index in [-0.39, 0.29) is 0 Å². The van der Waals surface area contributed by atoms with Gasteiger partial charge in [-0.2, -0.15) is 0 Å². The minimum absolute atomic E-state index is 0.815. The maximum Gasteiger partial charge on any atom is 0.0316 e. The lowest BCUT2D eigenvalue weighted by Crippen LogP contribution is -2.28. The van der Waals surface area contributed by atoms with E-state index in [1.165, 1.54) is 49.8 Å². The van der Waals surface area contributed by atoms with E-state index in [1.807, 2.05) is 6.07 Å². The highest BCUT2D eigenvalue weighted by Crippen LogP contribution is 2.27. The van der Waals surface area contributed by atoms with Gasteiger partial charge in [0.15, 0.2) is 0 Å². The maximum absolute atomic E-state index is 5.84. The van der Waals surface area contributed by atoms with E-state index in [2.05, 4.69) is 17.4 Å². The van der Waals surface area contributed by atoms with Crippen LogP contribution in [0.2, 0.25) is 0 Å². The van der Waals surface area contributed by atoms with Gasteiger partial charge in [-0.25, -0.2) is 0 Å². The third-order valence-electron chi connectivity index (χ3n) is 3.83. The summed E-state index contributed by atoms with van der Waals surface area (Å²) in [5.41, 5.74) is 9.75. The summed E-state index contributed by atoms with van der Waals surface area (Å²) >= 11 is 0. The Morgan fingerprint density at radius 1 is 1.19 bits per heavy atom. The van der Waals surface area contributed by atoms with Gasteiger partial charge in [-0.1, -0.05) is 6.07 Å². The molecule has 0 radical (unpaired) electrons. The van der Waals surface area contributed by atoms with Crippen LogP contribution in [0, 0.1) is 5.92 Å². The van der Waals surface area contributed by atoms with Crippen molar-refractivity contribution in [3.8, 4) is 0 Å². The first-order valence-electron chi connectivity index (χ1n) is 6.42. The molecule has 0 heterocycles. The van der Waals surface area contributed by atoms with Gasteiger partial charge in [-0.05, 0) is 67.8 Å². The highest BCUT2D eigenvalue weighted by molar-refractivity contribution is 5.45. The molecule has 2 nitrogen and oxygen atoms in total. The van der Waals surface area contributed by atoms with E-state index in [4.69, 9.17) is 5.73 Å². The zero-order valence-corrected chi connectivity index (χ0v) is 9.71. The molecule has 3 rings (SSSR count). The Balaban J connectivity index is 1.64. The predicted octanol–water partition coefficient (Wildman–Crippen LogP) is 2.13. The van der Waals surface area contributed by atoms with Crippen molar-refractivity contribution in [2.24, 2.45) is 5.92 Å². The van der Waals surface area contributed by atoms with Gasteiger partial charge in [0.1, 0.15) is 0 Å². The molecule has 2 aliphatic carbocycles. The average Bonchev–Trinajstić information content (AvgIpc) is 3.09. The maximum atomic E-state index is 5.84. The number of aryl methyl sites for hydroxylation is 1. The Morgan fingerprint density at radius 2 is 2.06 bits per heavy atom. The van der Waals surface area contributed by atoms with Crippen LogP contribution in [0.1, 0.15) is 30.4 Å². The summed E-state index contributed by atoms with van der Waals surface area (Å²) in [5, 5.41) is 3.64. The van der Waals surface area contributed by atoms with Gasteiger partial charge in [0, 0.05) is 11.7 Å². The molecule has 0 amide bonds. The van der Waals surface area contributed by atoms with Gasteiger partial charge < -0.3 is 11.1 Å². The fourth-order valence-corrected chi connectivity index (χ4v) is 2.65. The number of nitrogens with two attached hydrogens (primary N) is 1. The van der Waals surface area contributed by atoms with Gasteiger partial charge in [-0.15, -0.1) is 0 Å². The van der Waals surface area contributed by atoms with Crippen LogP contribution in [-0.4, -0.2) is 12.6 Å². The lowest BCUT2D eigenvalue weighted by Gasteiger charge is -2.25. The topological polar surface area (TPSA) is 38.0 Å². The summed E-state index contributed by atoms with van der Waals surface area (Å²) in [7, 11) is 0. The molecule has 1 aromatic carbocycles. The second-order valence-electron chi connectivity index (χ2n) is 5.32. The highest BCUT2D eigenvalue weighted by atomic mass is 14.9. The standard InChI is InChI=1S/C14H20N2/c15-13-4-3-11-2-1-10(7-12(11)8-13)9-16-14-5-6-14/h3-4,8,10,14,16H,1-2,5-7,9,15H2. The molecule has 1 unspecified atom stereocenters. The molecule has 0 aliphatic heterocycles. The van der Waals surface area contributed by atoms with Gasteiger partial charge >= 0.3 is 0 Å². The van der Waals surface area contributed by atoms with E-state index < -0.39 is 0 Å². The zero-order chi connectivity index (χ0) is 11.0. The third kappa shape index (κ3) is 2.22. The number of fused-ring (bicyclic) bond motifs is 1.